The minimum absolute atomic E-state index is 0.330. The Kier molecular flexibility index (Phi) is 6.54. The van der Waals surface area contributed by atoms with Crippen LogP contribution >= 0.6 is 15.9 Å². The number of urea groups is 1. The zero-order valence-electron chi connectivity index (χ0n) is 13.2. The summed E-state index contributed by atoms with van der Waals surface area (Å²) in [6.45, 7) is 3.36. The summed E-state index contributed by atoms with van der Waals surface area (Å²) in [4.78, 5) is 13.7. The summed E-state index contributed by atoms with van der Waals surface area (Å²) >= 11 is 3.35. The number of likely N-dealkylation sites (N-methyl/N-ethyl adjacent to an activating group) is 1. The number of halogens is 3. The highest BCUT2D eigenvalue weighted by atomic mass is 79.9. The fourth-order valence-electron chi connectivity index (χ4n) is 2.19. The van der Waals surface area contributed by atoms with Gasteiger partial charge in [-0.3, -0.25) is 0 Å². The summed E-state index contributed by atoms with van der Waals surface area (Å²) in [6, 6.07) is 10.7. The van der Waals surface area contributed by atoms with E-state index >= 15 is 0 Å². The van der Waals surface area contributed by atoms with Gasteiger partial charge in [0.25, 0.3) is 0 Å². The smallest absolute Gasteiger partial charge is 0.319 e. The maximum absolute atomic E-state index is 13.3. The molecular weight excluding hydrogens is 380 g/mol. The van der Waals surface area contributed by atoms with E-state index in [1.807, 2.05) is 30.0 Å². The third kappa shape index (κ3) is 4.92. The number of anilines is 2. The molecule has 0 fully saturated rings. The highest BCUT2D eigenvalue weighted by Crippen LogP contribution is 2.21. The van der Waals surface area contributed by atoms with Crippen LogP contribution in [0.5, 0.6) is 0 Å². The van der Waals surface area contributed by atoms with E-state index in [4.69, 9.17) is 0 Å². The van der Waals surface area contributed by atoms with E-state index < -0.39 is 11.6 Å². The molecule has 0 aliphatic rings. The molecule has 0 unspecified atom stereocenters. The van der Waals surface area contributed by atoms with Crippen molar-refractivity contribution < 1.29 is 13.6 Å². The zero-order chi connectivity index (χ0) is 17.5. The predicted octanol–water partition coefficient (Wildman–Crippen LogP) is 4.38. The minimum Gasteiger partial charge on any atom is -0.370 e. The van der Waals surface area contributed by atoms with Gasteiger partial charge in [0.15, 0.2) is 11.6 Å². The van der Waals surface area contributed by atoms with E-state index in [1.165, 1.54) is 6.07 Å². The fraction of sp³-hybridized carbons (Fsp3) is 0.235. The Morgan fingerprint density at radius 2 is 1.92 bits per heavy atom. The van der Waals surface area contributed by atoms with Crippen molar-refractivity contribution in [3.63, 3.8) is 0 Å². The van der Waals surface area contributed by atoms with E-state index in [-0.39, 0.29) is 6.03 Å². The second-order valence-corrected chi connectivity index (χ2v) is 5.89. The summed E-state index contributed by atoms with van der Waals surface area (Å²) in [6.07, 6.45) is 0. The SMILES string of the molecule is CCN(CCNC(=O)Nc1ccccc1Br)c1ccc(F)c(F)c1. The average molecular weight is 398 g/mol. The lowest BCUT2D eigenvalue weighted by Gasteiger charge is -2.23. The Morgan fingerprint density at radius 1 is 1.17 bits per heavy atom. The molecule has 24 heavy (non-hydrogen) atoms. The number of amides is 2. The van der Waals surface area contributed by atoms with Crippen molar-refractivity contribution >= 4 is 33.3 Å². The number of nitrogens with one attached hydrogen (secondary N) is 2. The molecule has 0 aliphatic heterocycles. The molecule has 2 aromatic rings. The molecule has 7 heteroatoms. The molecule has 0 radical (unpaired) electrons. The number of hydrogen-bond donors (Lipinski definition) is 2. The Labute approximate surface area is 148 Å². The van der Waals surface area contributed by atoms with Gasteiger partial charge in [-0.15, -0.1) is 0 Å². The third-order valence-corrected chi connectivity index (χ3v) is 4.13. The molecule has 2 aromatic carbocycles. The second kappa shape index (κ2) is 8.63. The Balaban J connectivity index is 1.86. The molecule has 0 heterocycles. The van der Waals surface area contributed by atoms with Crippen molar-refractivity contribution in [3.8, 4) is 0 Å². The molecule has 4 nitrogen and oxygen atoms in total. The molecule has 0 aromatic heterocycles. The van der Waals surface area contributed by atoms with Crippen molar-refractivity contribution in [2.75, 3.05) is 29.9 Å². The number of rotatable bonds is 6. The highest BCUT2D eigenvalue weighted by molar-refractivity contribution is 9.10. The van der Waals surface area contributed by atoms with Crippen molar-refractivity contribution in [1.82, 2.24) is 5.32 Å². The maximum atomic E-state index is 13.3. The van der Waals surface area contributed by atoms with Crippen LogP contribution in [0, 0.1) is 11.6 Å². The highest BCUT2D eigenvalue weighted by Gasteiger charge is 2.09. The Hall–Kier alpha value is -2.15. The largest absolute Gasteiger partial charge is 0.370 e. The average Bonchev–Trinajstić information content (AvgIpc) is 2.56. The van der Waals surface area contributed by atoms with Gasteiger partial charge in [0.2, 0.25) is 0 Å². The lowest BCUT2D eigenvalue weighted by Crippen LogP contribution is -2.37. The van der Waals surface area contributed by atoms with Gasteiger partial charge >= 0.3 is 6.03 Å². The first-order valence-corrected chi connectivity index (χ1v) is 8.30. The van der Waals surface area contributed by atoms with E-state index in [0.29, 0.717) is 31.0 Å². The van der Waals surface area contributed by atoms with Crippen molar-refractivity contribution in [3.05, 3.63) is 58.6 Å². The van der Waals surface area contributed by atoms with Crippen molar-refractivity contribution in [1.29, 1.82) is 0 Å². The lowest BCUT2D eigenvalue weighted by molar-refractivity contribution is 0.252. The van der Waals surface area contributed by atoms with Crippen LogP contribution < -0.4 is 15.5 Å². The first-order valence-electron chi connectivity index (χ1n) is 7.50. The van der Waals surface area contributed by atoms with Crippen LogP contribution in [0.4, 0.5) is 25.0 Å². The minimum atomic E-state index is -0.884. The molecule has 2 rings (SSSR count). The Bertz CT molecular complexity index is 712. The monoisotopic (exact) mass is 397 g/mol. The van der Waals surface area contributed by atoms with Gasteiger partial charge in [0.05, 0.1) is 5.69 Å². The molecular formula is C17H18BrF2N3O. The van der Waals surface area contributed by atoms with Gasteiger partial charge in [-0.25, -0.2) is 13.6 Å². The Morgan fingerprint density at radius 3 is 2.58 bits per heavy atom. The van der Waals surface area contributed by atoms with E-state index in [9.17, 15) is 13.6 Å². The van der Waals surface area contributed by atoms with Gasteiger partial charge in [-0.2, -0.15) is 0 Å². The zero-order valence-corrected chi connectivity index (χ0v) is 14.7. The molecule has 0 bridgehead atoms. The summed E-state index contributed by atoms with van der Waals surface area (Å²) in [5.74, 6) is -1.76. The van der Waals surface area contributed by atoms with Crippen LogP contribution in [-0.2, 0) is 0 Å². The topological polar surface area (TPSA) is 44.4 Å². The van der Waals surface area contributed by atoms with Gasteiger partial charge < -0.3 is 15.5 Å². The predicted molar refractivity (Wildman–Crippen MR) is 95.4 cm³/mol. The number of nitrogens with zero attached hydrogens (tertiary/aromatic N) is 1. The van der Waals surface area contributed by atoms with E-state index in [0.717, 1.165) is 16.6 Å². The number of benzene rings is 2. The maximum Gasteiger partial charge on any atom is 0.319 e. The van der Waals surface area contributed by atoms with Crippen LogP contribution in [0.15, 0.2) is 46.9 Å². The molecule has 2 amide bonds. The quantitative estimate of drug-likeness (QED) is 0.759. The van der Waals surface area contributed by atoms with Crippen LogP contribution in [0.25, 0.3) is 0 Å². The molecule has 2 N–H and O–H groups in total. The van der Waals surface area contributed by atoms with E-state index in [1.54, 1.807) is 6.07 Å². The number of carbonyl (C=O) groups excluding carboxylic acids is 1. The van der Waals surface area contributed by atoms with Crippen LogP contribution in [0.2, 0.25) is 0 Å². The summed E-state index contributed by atoms with van der Waals surface area (Å²) in [7, 11) is 0. The van der Waals surface area contributed by atoms with Crippen LogP contribution in [0.3, 0.4) is 0 Å². The van der Waals surface area contributed by atoms with Gasteiger partial charge in [0, 0.05) is 35.9 Å². The lowest BCUT2D eigenvalue weighted by atomic mass is 10.2. The third-order valence-electron chi connectivity index (χ3n) is 3.44. The summed E-state index contributed by atoms with van der Waals surface area (Å²) < 4.78 is 27.1. The molecule has 0 aliphatic carbocycles. The number of para-hydroxylation sites is 1. The summed E-state index contributed by atoms with van der Waals surface area (Å²) in [5, 5.41) is 5.47. The molecule has 0 saturated heterocycles. The number of carbonyl (C=O) groups is 1. The van der Waals surface area contributed by atoms with Gasteiger partial charge in [-0.05, 0) is 47.1 Å². The fourth-order valence-corrected chi connectivity index (χ4v) is 2.57. The van der Waals surface area contributed by atoms with Crippen molar-refractivity contribution in [2.45, 2.75) is 6.92 Å². The van der Waals surface area contributed by atoms with Gasteiger partial charge in [0.1, 0.15) is 0 Å². The second-order valence-electron chi connectivity index (χ2n) is 5.04. The van der Waals surface area contributed by atoms with Gasteiger partial charge in [-0.1, -0.05) is 12.1 Å². The van der Waals surface area contributed by atoms with Crippen LogP contribution in [0.1, 0.15) is 6.92 Å². The first-order chi connectivity index (χ1) is 11.5. The normalized spacial score (nSPS) is 10.3. The van der Waals surface area contributed by atoms with E-state index in [2.05, 4.69) is 26.6 Å². The van der Waals surface area contributed by atoms with Crippen LogP contribution in [-0.4, -0.2) is 25.7 Å². The van der Waals surface area contributed by atoms with Crippen molar-refractivity contribution in [2.24, 2.45) is 0 Å². The molecule has 0 atom stereocenters. The molecule has 128 valence electrons. The summed E-state index contributed by atoms with van der Waals surface area (Å²) in [5.41, 5.74) is 1.24. The standard InChI is InChI=1S/C17H18BrF2N3O/c1-2-23(12-7-8-14(19)15(20)11-12)10-9-21-17(24)22-16-6-4-3-5-13(16)18/h3-8,11H,2,9-10H2,1H3,(H2,21,22,24). The number of hydrogen-bond acceptors (Lipinski definition) is 2. The molecule has 0 spiro atoms. The first kappa shape index (κ1) is 18.2. The molecule has 0 saturated carbocycles.